The van der Waals surface area contributed by atoms with Crippen LogP contribution in [0.25, 0.3) is 11.0 Å². The average Bonchev–Trinajstić information content (AvgIpc) is 3.18. The molecule has 1 atom stereocenters. The first-order chi connectivity index (χ1) is 14.0. The summed E-state index contributed by atoms with van der Waals surface area (Å²) in [5.41, 5.74) is 2.03. The van der Waals surface area contributed by atoms with Gasteiger partial charge in [-0.2, -0.15) is 23.4 Å². The molecular formula is C20H25F3N6O. The first-order valence-corrected chi connectivity index (χ1v) is 9.75. The maximum atomic E-state index is 13.2. The lowest BCUT2D eigenvalue weighted by atomic mass is 10.1. The number of hydrogen-bond acceptors (Lipinski definition) is 4. The van der Waals surface area contributed by atoms with Crippen molar-refractivity contribution in [3.63, 3.8) is 0 Å². The molecule has 0 spiro atoms. The molecule has 0 aromatic carbocycles. The maximum absolute atomic E-state index is 13.2. The van der Waals surface area contributed by atoms with Crippen LogP contribution in [0.2, 0.25) is 0 Å². The third-order valence-electron chi connectivity index (χ3n) is 4.84. The zero-order valence-electron chi connectivity index (χ0n) is 17.6. The van der Waals surface area contributed by atoms with Crippen molar-refractivity contribution in [3.8, 4) is 0 Å². The molecular weight excluding hydrogens is 397 g/mol. The molecule has 1 amide bonds. The molecule has 3 aromatic heterocycles. The van der Waals surface area contributed by atoms with E-state index in [9.17, 15) is 18.0 Å². The molecule has 0 bridgehead atoms. The number of rotatable bonds is 6. The molecule has 162 valence electrons. The summed E-state index contributed by atoms with van der Waals surface area (Å²) in [4.78, 5) is 17.4. The number of aryl methyl sites for hydroxylation is 4. The Morgan fingerprint density at radius 1 is 1.13 bits per heavy atom. The molecule has 1 N–H and O–H groups in total. The lowest BCUT2D eigenvalue weighted by Gasteiger charge is -2.16. The summed E-state index contributed by atoms with van der Waals surface area (Å²) < 4.78 is 42.2. The summed E-state index contributed by atoms with van der Waals surface area (Å²) in [7, 11) is 0. The van der Waals surface area contributed by atoms with E-state index in [4.69, 9.17) is 0 Å². The van der Waals surface area contributed by atoms with Crippen LogP contribution in [-0.4, -0.2) is 37.0 Å². The number of pyridine rings is 1. The van der Waals surface area contributed by atoms with Crippen LogP contribution >= 0.6 is 0 Å². The van der Waals surface area contributed by atoms with E-state index in [0.717, 1.165) is 10.7 Å². The Morgan fingerprint density at radius 3 is 2.47 bits per heavy atom. The molecule has 30 heavy (non-hydrogen) atoms. The van der Waals surface area contributed by atoms with Gasteiger partial charge in [-0.3, -0.25) is 9.48 Å². The summed E-state index contributed by atoms with van der Waals surface area (Å²) in [6.07, 6.45) is -4.47. The standard InChI is InChI=1S/C20H25F3N6O/c1-6-28-18-17(14(5)27-28)15(7-12(3)25-18)19(30)24-9-11(2)10-29-16(20(21,22)23)8-13(4)26-29/h7-8,11H,6,9-10H2,1-5H3,(H,24,30)/t11-/m0/s1. The molecule has 3 heterocycles. The number of hydrogen-bond donors (Lipinski definition) is 1. The van der Waals surface area contributed by atoms with Crippen molar-refractivity contribution >= 4 is 16.9 Å². The van der Waals surface area contributed by atoms with Gasteiger partial charge in [-0.15, -0.1) is 0 Å². The number of carbonyl (C=O) groups excluding carboxylic acids is 1. The third kappa shape index (κ3) is 4.31. The van der Waals surface area contributed by atoms with E-state index in [1.807, 2.05) is 13.8 Å². The van der Waals surface area contributed by atoms with Crippen molar-refractivity contribution in [3.05, 3.63) is 40.5 Å². The van der Waals surface area contributed by atoms with Crippen LogP contribution in [0.3, 0.4) is 0 Å². The maximum Gasteiger partial charge on any atom is 0.433 e. The second-order valence-corrected chi connectivity index (χ2v) is 7.58. The van der Waals surface area contributed by atoms with Gasteiger partial charge < -0.3 is 5.32 Å². The van der Waals surface area contributed by atoms with Crippen LogP contribution in [0, 0.1) is 26.7 Å². The summed E-state index contributed by atoms with van der Waals surface area (Å²) in [5.74, 6) is -0.559. The van der Waals surface area contributed by atoms with Crippen molar-refractivity contribution < 1.29 is 18.0 Å². The third-order valence-corrected chi connectivity index (χ3v) is 4.84. The Labute approximate surface area is 172 Å². The molecule has 0 aliphatic carbocycles. The minimum atomic E-state index is -4.47. The summed E-state index contributed by atoms with van der Waals surface area (Å²) >= 11 is 0. The largest absolute Gasteiger partial charge is 0.433 e. The van der Waals surface area contributed by atoms with Gasteiger partial charge in [0.15, 0.2) is 5.65 Å². The molecule has 0 aliphatic rings. The van der Waals surface area contributed by atoms with Crippen LogP contribution in [0.15, 0.2) is 12.1 Å². The minimum absolute atomic E-state index is 0.0422. The fourth-order valence-corrected chi connectivity index (χ4v) is 3.51. The molecule has 3 aromatic rings. The quantitative estimate of drug-likeness (QED) is 0.658. The van der Waals surface area contributed by atoms with Gasteiger partial charge in [-0.25, -0.2) is 9.67 Å². The monoisotopic (exact) mass is 422 g/mol. The number of alkyl halides is 3. The molecule has 0 saturated heterocycles. The van der Waals surface area contributed by atoms with Crippen molar-refractivity contribution in [2.45, 2.75) is 53.9 Å². The zero-order chi connectivity index (χ0) is 22.2. The lowest BCUT2D eigenvalue weighted by molar-refractivity contribution is -0.144. The van der Waals surface area contributed by atoms with Gasteiger partial charge in [0.25, 0.3) is 5.91 Å². The zero-order valence-corrected chi connectivity index (χ0v) is 17.6. The van der Waals surface area contributed by atoms with E-state index >= 15 is 0 Å². The van der Waals surface area contributed by atoms with Crippen molar-refractivity contribution in [2.24, 2.45) is 5.92 Å². The van der Waals surface area contributed by atoms with Crippen LogP contribution < -0.4 is 5.32 Å². The first kappa shape index (κ1) is 21.8. The second kappa shape index (κ2) is 8.08. The van der Waals surface area contributed by atoms with Crippen molar-refractivity contribution in [2.75, 3.05) is 6.54 Å². The highest BCUT2D eigenvalue weighted by Crippen LogP contribution is 2.30. The van der Waals surface area contributed by atoms with E-state index in [1.165, 1.54) is 6.92 Å². The number of fused-ring (bicyclic) bond motifs is 1. The van der Waals surface area contributed by atoms with E-state index in [0.29, 0.717) is 40.2 Å². The topological polar surface area (TPSA) is 77.6 Å². The Bertz CT molecular complexity index is 1080. The van der Waals surface area contributed by atoms with Crippen LogP contribution in [0.1, 0.15) is 47.0 Å². The molecule has 3 rings (SSSR count). The van der Waals surface area contributed by atoms with Gasteiger partial charge in [0.1, 0.15) is 5.69 Å². The Morgan fingerprint density at radius 2 is 1.83 bits per heavy atom. The van der Waals surface area contributed by atoms with Gasteiger partial charge in [-0.1, -0.05) is 6.92 Å². The average molecular weight is 422 g/mol. The molecule has 0 aliphatic heterocycles. The van der Waals surface area contributed by atoms with Gasteiger partial charge in [0.2, 0.25) is 0 Å². The molecule has 0 fully saturated rings. The number of carbonyl (C=O) groups is 1. The number of halogens is 3. The smallest absolute Gasteiger partial charge is 0.352 e. The van der Waals surface area contributed by atoms with Gasteiger partial charge in [0, 0.05) is 25.3 Å². The van der Waals surface area contributed by atoms with Gasteiger partial charge >= 0.3 is 6.18 Å². The normalized spacial score (nSPS) is 13.1. The van der Waals surface area contributed by atoms with E-state index in [1.54, 1.807) is 24.6 Å². The highest BCUT2D eigenvalue weighted by Gasteiger charge is 2.35. The highest BCUT2D eigenvalue weighted by atomic mass is 19.4. The number of nitrogens with zero attached hydrogens (tertiary/aromatic N) is 5. The summed E-state index contributed by atoms with van der Waals surface area (Å²) in [6.45, 7) is 9.75. The fraction of sp³-hybridized carbons (Fsp3) is 0.500. The minimum Gasteiger partial charge on any atom is -0.352 e. The van der Waals surface area contributed by atoms with Crippen LogP contribution in [-0.2, 0) is 19.3 Å². The van der Waals surface area contributed by atoms with Crippen LogP contribution in [0.4, 0.5) is 13.2 Å². The molecule has 7 nitrogen and oxygen atoms in total. The summed E-state index contributed by atoms with van der Waals surface area (Å²) in [6, 6.07) is 2.73. The Balaban J connectivity index is 1.76. The lowest BCUT2D eigenvalue weighted by Crippen LogP contribution is -2.31. The van der Waals surface area contributed by atoms with Crippen molar-refractivity contribution in [1.29, 1.82) is 0 Å². The number of amides is 1. The molecule has 0 unspecified atom stereocenters. The highest BCUT2D eigenvalue weighted by molar-refractivity contribution is 6.06. The summed E-state index contributed by atoms with van der Waals surface area (Å²) in [5, 5.41) is 11.9. The number of nitrogens with one attached hydrogen (secondary N) is 1. The Hall–Kier alpha value is -2.91. The molecule has 10 heteroatoms. The van der Waals surface area contributed by atoms with Crippen LogP contribution in [0.5, 0.6) is 0 Å². The second-order valence-electron chi connectivity index (χ2n) is 7.58. The first-order valence-electron chi connectivity index (χ1n) is 9.75. The van der Waals surface area contributed by atoms with E-state index in [2.05, 4.69) is 20.5 Å². The molecule has 0 radical (unpaired) electrons. The fourth-order valence-electron chi connectivity index (χ4n) is 3.51. The van der Waals surface area contributed by atoms with E-state index < -0.39 is 11.9 Å². The Kier molecular flexibility index (Phi) is 5.87. The van der Waals surface area contributed by atoms with Gasteiger partial charge in [-0.05, 0) is 45.7 Å². The number of aromatic nitrogens is 5. The predicted molar refractivity (Wildman–Crippen MR) is 106 cm³/mol. The van der Waals surface area contributed by atoms with Gasteiger partial charge in [0.05, 0.1) is 22.3 Å². The SMILES string of the molecule is CCn1nc(C)c2c(C(=O)NC[C@H](C)Cn3nc(C)cc3C(F)(F)F)cc(C)nc21. The van der Waals surface area contributed by atoms with Crippen molar-refractivity contribution in [1.82, 2.24) is 29.9 Å². The predicted octanol–water partition coefficient (Wildman–Crippen LogP) is 3.66. The molecule has 0 saturated carbocycles. The van der Waals surface area contributed by atoms with E-state index in [-0.39, 0.29) is 24.9 Å².